The maximum Gasteiger partial charge on any atom is 0.0788 e. The molecule has 2 aliphatic rings. The highest BCUT2D eigenvalue weighted by molar-refractivity contribution is 5.05. The highest BCUT2D eigenvalue weighted by Gasteiger charge is 2.52. The van der Waals surface area contributed by atoms with Crippen LogP contribution in [-0.2, 0) is 4.74 Å². The monoisotopic (exact) mass is 282 g/mol. The van der Waals surface area contributed by atoms with Crippen LogP contribution < -0.4 is 5.73 Å². The Labute approximate surface area is 125 Å². The third-order valence-corrected chi connectivity index (χ3v) is 5.58. The van der Waals surface area contributed by atoms with Crippen LogP contribution in [-0.4, -0.2) is 41.3 Å². The molecule has 1 saturated heterocycles. The van der Waals surface area contributed by atoms with Crippen LogP contribution in [0.5, 0.6) is 0 Å². The van der Waals surface area contributed by atoms with E-state index in [0.29, 0.717) is 5.92 Å². The molecule has 1 aliphatic carbocycles. The lowest BCUT2D eigenvalue weighted by Gasteiger charge is -2.38. The van der Waals surface area contributed by atoms with E-state index in [-0.39, 0.29) is 17.2 Å². The van der Waals surface area contributed by atoms with Crippen molar-refractivity contribution in [2.24, 2.45) is 11.7 Å². The fourth-order valence-electron chi connectivity index (χ4n) is 4.31. The van der Waals surface area contributed by atoms with Gasteiger partial charge in [-0.05, 0) is 47.1 Å². The molecule has 0 amide bonds. The number of ether oxygens (including phenoxy) is 1. The predicted octanol–water partition coefficient (Wildman–Crippen LogP) is 3.17. The molecule has 118 valence electrons. The molecule has 1 aliphatic heterocycles. The van der Waals surface area contributed by atoms with E-state index in [9.17, 15) is 0 Å². The summed E-state index contributed by atoms with van der Waals surface area (Å²) >= 11 is 0. The van der Waals surface area contributed by atoms with Gasteiger partial charge in [0.2, 0.25) is 0 Å². The van der Waals surface area contributed by atoms with E-state index < -0.39 is 0 Å². The lowest BCUT2D eigenvalue weighted by atomic mass is 9.82. The van der Waals surface area contributed by atoms with E-state index in [1.54, 1.807) is 0 Å². The van der Waals surface area contributed by atoms with Crippen molar-refractivity contribution in [1.29, 1.82) is 0 Å². The lowest BCUT2D eigenvalue weighted by molar-refractivity contribution is -0.0794. The first kappa shape index (κ1) is 16.3. The summed E-state index contributed by atoms with van der Waals surface area (Å²) in [6.45, 7) is 13.2. The van der Waals surface area contributed by atoms with Crippen molar-refractivity contribution < 1.29 is 4.74 Å². The van der Waals surface area contributed by atoms with E-state index >= 15 is 0 Å². The molecule has 2 atom stereocenters. The zero-order valence-corrected chi connectivity index (χ0v) is 14.1. The smallest absolute Gasteiger partial charge is 0.0788 e. The molecule has 2 fully saturated rings. The summed E-state index contributed by atoms with van der Waals surface area (Å²) < 4.78 is 6.24. The lowest BCUT2D eigenvalue weighted by Crippen LogP contribution is -2.50. The molecule has 2 N–H and O–H groups in total. The molecule has 2 unspecified atom stereocenters. The molecular weight excluding hydrogens is 248 g/mol. The summed E-state index contributed by atoms with van der Waals surface area (Å²) in [5.74, 6) is 0.416. The van der Waals surface area contributed by atoms with Crippen molar-refractivity contribution in [1.82, 2.24) is 4.90 Å². The molecule has 1 heterocycles. The van der Waals surface area contributed by atoms with Gasteiger partial charge in [0.05, 0.1) is 11.2 Å². The molecule has 0 spiro atoms. The molecule has 0 bridgehead atoms. The zero-order chi connectivity index (χ0) is 15.0. The Morgan fingerprint density at radius 1 is 1.05 bits per heavy atom. The SMILES string of the molecule is CCN(CC1C(N)C(C)(C)OC1(C)C)C1CCCCC1. The molecule has 0 aromatic rings. The van der Waals surface area contributed by atoms with Gasteiger partial charge in [-0.2, -0.15) is 0 Å². The van der Waals surface area contributed by atoms with Crippen molar-refractivity contribution in [2.75, 3.05) is 13.1 Å². The van der Waals surface area contributed by atoms with Crippen molar-refractivity contribution >= 4 is 0 Å². The number of hydrogen-bond acceptors (Lipinski definition) is 3. The third-order valence-electron chi connectivity index (χ3n) is 5.58. The Morgan fingerprint density at radius 3 is 2.10 bits per heavy atom. The van der Waals surface area contributed by atoms with Gasteiger partial charge >= 0.3 is 0 Å². The Hall–Kier alpha value is -0.120. The largest absolute Gasteiger partial charge is 0.368 e. The Kier molecular flexibility index (Phi) is 4.83. The fraction of sp³-hybridized carbons (Fsp3) is 1.00. The first-order valence-corrected chi connectivity index (χ1v) is 8.47. The van der Waals surface area contributed by atoms with Crippen LogP contribution >= 0.6 is 0 Å². The fourth-order valence-corrected chi connectivity index (χ4v) is 4.31. The first-order valence-electron chi connectivity index (χ1n) is 8.47. The first-order chi connectivity index (χ1) is 9.28. The number of nitrogens with two attached hydrogens (primary N) is 1. The Morgan fingerprint density at radius 2 is 1.65 bits per heavy atom. The van der Waals surface area contributed by atoms with E-state index in [2.05, 4.69) is 39.5 Å². The normalized spacial score (nSPS) is 33.8. The minimum atomic E-state index is -0.208. The summed E-state index contributed by atoms with van der Waals surface area (Å²) in [4.78, 5) is 2.66. The standard InChI is InChI=1S/C17H34N2O/c1-6-19(13-10-8-7-9-11-13)12-14-15(18)17(4,5)20-16(14,2)3/h13-15H,6-12,18H2,1-5H3. The highest BCUT2D eigenvalue weighted by atomic mass is 16.5. The molecule has 3 nitrogen and oxygen atoms in total. The van der Waals surface area contributed by atoms with E-state index in [1.807, 2.05) is 0 Å². The van der Waals surface area contributed by atoms with Crippen molar-refractivity contribution in [3.8, 4) is 0 Å². The van der Waals surface area contributed by atoms with Crippen molar-refractivity contribution in [3.63, 3.8) is 0 Å². The third kappa shape index (κ3) is 3.20. The van der Waals surface area contributed by atoms with E-state index in [0.717, 1.165) is 19.1 Å². The molecule has 2 rings (SSSR count). The highest BCUT2D eigenvalue weighted by Crippen LogP contribution is 2.42. The summed E-state index contributed by atoms with van der Waals surface area (Å²) in [5.41, 5.74) is 6.19. The maximum absolute atomic E-state index is 6.51. The quantitative estimate of drug-likeness (QED) is 0.860. The van der Waals surface area contributed by atoms with Gasteiger partial charge in [0.1, 0.15) is 0 Å². The van der Waals surface area contributed by atoms with Gasteiger partial charge in [-0.1, -0.05) is 26.2 Å². The van der Waals surface area contributed by atoms with Crippen LogP contribution in [0.25, 0.3) is 0 Å². The van der Waals surface area contributed by atoms with Crippen LogP contribution in [0.1, 0.15) is 66.7 Å². The van der Waals surface area contributed by atoms with Gasteiger partial charge < -0.3 is 15.4 Å². The summed E-state index contributed by atoms with van der Waals surface area (Å²) in [5, 5.41) is 0. The maximum atomic E-state index is 6.51. The molecule has 3 heteroatoms. The van der Waals surface area contributed by atoms with Crippen molar-refractivity contribution in [3.05, 3.63) is 0 Å². The van der Waals surface area contributed by atoms with E-state index in [4.69, 9.17) is 10.5 Å². The number of nitrogens with zero attached hydrogens (tertiary/aromatic N) is 1. The summed E-state index contributed by atoms with van der Waals surface area (Å²) in [6, 6.07) is 0.885. The van der Waals surface area contributed by atoms with Gasteiger partial charge in [-0.25, -0.2) is 0 Å². The minimum Gasteiger partial charge on any atom is -0.368 e. The molecule has 0 radical (unpaired) electrons. The second kappa shape index (κ2) is 5.94. The Balaban J connectivity index is 2.06. The van der Waals surface area contributed by atoms with Gasteiger partial charge in [-0.15, -0.1) is 0 Å². The average Bonchev–Trinajstić information content (AvgIpc) is 2.53. The molecule has 20 heavy (non-hydrogen) atoms. The van der Waals surface area contributed by atoms with Crippen LogP contribution in [0.15, 0.2) is 0 Å². The van der Waals surface area contributed by atoms with Gasteiger partial charge in [-0.3, -0.25) is 0 Å². The number of rotatable bonds is 4. The Bertz CT molecular complexity index is 321. The van der Waals surface area contributed by atoms with Crippen LogP contribution in [0.2, 0.25) is 0 Å². The van der Waals surface area contributed by atoms with E-state index in [1.165, 1.54) is 32.1 Å². The topological polar surface area (TPSA) is 38.5 Å². The minimum absolute atomic E-state index is 0.120. The van der Waals surface area contributed by atoms with Crippen molar-refractivity contribution in [2.45, 2.75) is 90.0 Å². The molecular formula is C17H34N2O. The second-order valence-corrected chi connectivity index (χ2v) is 7.82. The van der Waals surface area contributed by atoms with Crippen LogP contribution in [0, 0.1) is 5.92 Å². The zero-order valence-electron chi connectivity index (χ0n) is 14.1. The second-order valence-electron chi connectivity index (χ2n) is 7.82. The van der Waals surface area contributed by atoms with Crippen LogP contribution in [0.3, 0.4) is 0 Å². The number of hydrogen-bond donors (Lipinski definition) is 1. The molecule has 0 aromatic heterocycles. The average molecular weight is 282 g/mol. The molecule has 1 saturated carbocycles. The summed E-state index contributed by atoms with van der Waals surface area (Å²) in [7, 11) is 0. The molecule has 0 aromatic carbocycles. The summed E-state index contributed by atoms with van der Waals surface area (Å²) in [6.07, 6.45) is 6.92. The van der Waals surface area contributed by atoms with Gasteiger partial charge in [0.25, 0.3) is 0 Å². The van der Waals surface area contributed by atoms with Gasteiger partial charge in [0.15, 0.2) is 0 Å². The van der Waals surface area contributed by atoms with Gasteiger partial charge in [0, 0.05) is 24.5 Å². The van der Waals surface area contributed by atoms with Crippen LogP contribution in [0.4, 0.5) is 0 Å². The predicted molar refractivity (Wildman–Crippen MR) is 84.8 cm³/mol.